The highest BCUT2D eigenvalue weighted by atomic mass is 16.5. The summed E-state index contributed by atoms with van der Waals surface area (Å²) in [6.45, 7) is 2.85. The molecule has 0 aromatic heterocycles. The van der Waals surface area contributed by atoms with Gasteiger partial charge in [-0.1, -0.05) is 18.2 Å². The molecule has 1 aromatic carbocycles. The lowest BCUT2D eigenvalue weighted by atomic mass is 9.96. The molecular formula is C15H19NO2. The van der Waals surface area contributed by atoms with E-state index >= 15 is 0 Å². The standard InChI is InChI=1S/C15H19NO2/c1-11-8-9-12-5-2-3-6-13(12)16(11)15(17)14-7-4-10-18-14/h2-3,5-6,11,14H,4,7-10H2,1H3/t11-,14-/m1/s1. The highest BCUT2D eigenvalue weighted by molar-refractivity contribution is 5.98. The summed E-state index contributed by atoms with van der Waals surface area (Å²) in [6, 6.07) is 8.50. The molecular weight excluding hydrogens is 226 g/mol. The fourth-order valence-electron chi connectivity index (χ4n) is 2.95. The summed E-state index contributed by atoms with van der Waals surface area (Å²) in [5.74, 6) is 0.146. The molecule has 18 heavy (non-hydrogen) atoms. The molecule has 1 saturated heterocycles. The number of carbonyl (C=O) groups excluding carboxylic acids is 1. The minimum absolute atomic E-state index is 0.146. The molecule has 3 nitrogen and oxygen atoms in total. The number of anilines is 1. The van der Waals surface area contributed by atoms with Crippen molar-refractivity contribution < 1.29 is 9.53 Å². The molecule has 3 rings (SSSR count). The van der Waals surface area contributed by atoms with Gasteiger partial charge in [-0.15, -0.1) is 0 Å². The zero-order valence-electron chi connectivity index (χ0n) is 10.8. The number of amides is 1. The van der Waals surface area contributed by atoms with Gasteiger partial charge in [0.1, 0.15) is 6.10 Å². The van der Waals surface area contributed by atoms with Gasteiger partial charge in [0.15, 0.2) is 0 Å². The molecule has 96 valence electrons. The van der Waals surface area contributed by atoms with Crippen LogP contribution in [0.3, 0.4) is 0 Å². The molecule has 1 aromatic rings. The SMILES string of the molecule is C[C@@H]1CCc2ccccc2N1C(=O)[C@H]1CCCO1. The summed E-state index contributed by atoms with van der Waals surface area (Å²) >= 11 is 0. The van der Waals surface area contributed by atoms with Crippen LogP contribution >= 0.6 is 0 Å². The van der Waals surface area contributed by atoms with Gasteiger partial charge in [-0.05, 0) is 44.2 Å². The second kappa shape index (κ2) is 4.73. The van der Waals surface area contributed by atoms with Crippen molar-refractivity contribution in [2.45, 2.75) is 44.8 Å². The van der Waals surface area contributed by atoms with Gasteiger partial charge in [0, 0.05) is 18.3 Å². The van der Waals surface area contributed by atoms with Crippen molar-refractivity contribution in [1.29, 1.82) is 0 Å². The predicted molar refractivity (Wildman–Crippen MR) is 70.7 cm³/mol. The molecule has 0 spiro atoms. The molecule has 0 saturated carbocycles. The number of aryl methyl sites for hydroxylation is 1. The number of ether oxygens (including phenoxy) is 1. The first-order valence-electron chi connectivity index (χ1n) is 6.80. The van der Waals surface area contributed by atoms with Crippen LogP contribution in [0.2, 0.25) is 0 Å². The van der Waals surface area contributed by atoms with Crippen LogP contribution in [-0.2, 0) is 16.0 Å². The third kappa shape index (κ3) is 1.93. The van der Waals surface area contributed by atoms with E-state index in [1.165, 1.54) is 5.56 Å². The van der Waals surface area contributed by atoms with Crippen LogP contribution in [0.25, 0.3) is 0 Å². The third-order valence-electron chi connectivity index (χ3n) is 3.97. The average Bonchev–Trinajstić information content (AvgIpc) is 2.92. The lowest BCUT2D eigenvalue weighted by molar-refractivity contribution is -0.127. The zero-order chi connectivity index (χ0) is 12.5. The number of hydrogen-bond donors (Lipinski definition) is 0. The molecule has 2 aliphatic rings. The number of fused-ring (bicyclic) bond motifs is 1. The molecule has 1 amide bonds. The van der Waals surface area contributed by atoms with E-state index in [0.717, 1.165) is 38.0 Å². The van der Waals surface area contributed by atoms with Crippen molar-refractivity contribution in [1.82, 2.24) is 0 Å². The van der Waals surface area contributed by atoms with Gasteiger partial charge in [-0.25, -0.2) is 0 Å². The Kier molecular flexibility index (Phi) is 3.08. The van der Waals surface area contributed by atoms with Crippen LogP contribution in [-0.4, -0.2) is 24.7 Å². The van der Waals surface area contributed by atoms with Gasteiger partial charge in [0.2, 0.25) is 0 Å². The second-order valence-electron chi connectivity index (χ2n) is 5.23. The number of para-hydroxylation sites is 1. The highest BCUT2D eigenvalue weighted by Gasteiger charge is 2.34. The number of carbonyl (C=O) groups is 1. The van der Waals surface area contributed by atoms with E-state index < -0.39 is 0 Å². The zero-order valence-corrected chi connectivity index (χ0v) is 10.8. The molecule has 1 fully saturated rings. The summed E-state index contributed by atoms with van der Waals surface area (Å²) in [6.07, 6.45) is 3.74. The van der Waals surface area contributed by atoms with Crippen LogP contribution in [0.15, 0.2) is 24.3 Å². The number of hydrogen-bond acceptors (Lipinski definition) is 2. The van der Waals surface area contributed by atoms with E-state index in [0.29, 0.717) is 0 Å². The van der Waals surface area contributed by atoms with Crippen molar-refractivity contribution in [3.8, 4) is 0 Å². The molecule has 2 atom stereocenters. The fourth-order valence-corrected chi connectivity index (χ4v) is 2.95. The van der Waals surface area contributed by atoms with Crippen molar-refractivity contribution in [3.05, 3.63) is 29.8 Å². The van der Waals surface area contributed by atoms with E-state index in [1.807, 2.05) is 17.0 Å². The Balaban J connectivity index is 1.92. The maximum absolute atomic E-state index is 12.6. The summed E-state index contributed by atoms with van der Waals surface area (Å²) in [4.78, 5) is 14.5. The maximum Gasteiger partial charge on any atom is 0.256 e. The normalized spacial score (nSPS) is 27.1. The molecule has 3 heteroatoms. The van der Waals surface area contributed by atoms with Crippen molar-refractivity contribution in [2.75, 3.05) is 11.5 Å². The maximum atomic E-state index is 12.6. The summed E-state index contributed by atoms with van der Waals surface area (Å²) in [7, 11) is 0. The van der Waals surface area contributed by atoms with Gasteiger partial charge < -0.3 is 9.64 Å². The molecule has 2 aliphatic heterocycles. The Bertz CT molecular complexity index is 452. The Labute approximate surface area is 108 Å². The van der Waals surface area contributed by atoms with Crippen molar-refractivity contribution in [3.63, 3.8) is 0 Å². The Morgan fingerprint density at radius 1 is 1.33 bits per heavy atom. The summed E-state index contributed by atoms with van der Waals surface area (Å²) in [5, 5.41) is 0. The molecule has 0 bridgehead atoms. The largest absolute Gasteiger partial charge is 0.368 e. The Morgan fingerprint density at radius 3 is 2.94 bits per heavy atom. The van der Waals surface area contributed by atoms with Crippen molar-refractivity contribution >= 4 is 11.6 Å². The van der Waals surface area contributed by atoms with Crippen LogP contribution in [0, 0.1) is 0 Å². The summed E-state index contributed by atoms with van der Waals surface area (Å²) < 4.78 is 5.54. The predicted octanol–water partition coefficient (Wildman–Crippen LogP) is 2.53. The first-order valence-corrected chi connectivity index (χ1v) is 6.80. The third-order valence-corrected chi connectivity index (χ3v) is 3.97. The Morgan fingerprint density at radius 2 is 2.17 bits per heavy atom. The fraction of sp³-hybridized carbons (Fsp3) is 0.533. The minimum Gasteiger partial charge on any atom is -0.368 e. The molecule has 2 heterocycles. The van der Waals surface area contributed by atoms with Crippen LogP contribution in [0.5, 0.6) is 0 Å². The monoisotopic (exact) mass is 245 g/mol. The lowest BCUT2D eigenvalue weighted by Crippen LogP contribution is -2.47. The quantitative estimate of drug-likeness (QED) is 0.761. The van der Waals surface area contributed by atoms with E-state index in [4.69, 9.17) is 4.74 Å². The molecule has 0 aliphatic carbocycles. The first-order chi connectivity index (χ1) is 8.77. The van der Waals surface area contributed by atoms with E-state index in [2.05, 4.69) is 19.1 Å². The van der Waals surface area contributed by atoms with E-state index in [-0.39, 0.29) is 18.1 Å². The van der Waals surface area contributed by atoms with Crippen LogP contribution < -0.4 is 4.90 Å². The van der Waals surface area contributed by atoms with Crippen molar-refractivity contribution in [2.24, 2.45) is 0 Å². The average molecular weight is 245 g/mol. The number of nitrogens with zero attached hydrogens (tertiary/aromatic N) is 1. The second-order valence-corrected chi connectivity index (χ2v) is 5.23. The highest BCUT2D eigenvalue weighted by Crippen LogP contribution is 2.32. The van der Waals surface area contributed by atoms with Gasteiger partial charge >= 0.3 is 0 Å². The topological polar surface area (TPSA) is 29.5 Å². The van der Waals surface area contributed by atoms with E-state index in [1.54, 1.807) is 0 Å². The van der Waals surface area contributed by atoms with Crippen LogP contribution in [0.4, 0.5) is 5.69 Å². The Hall–Kier alpha value is -1.35. The molecule has 0 N–H and O–H groups in total. The first kappa shape index (κ1) is 11.7. The molecule has 0 radical (unpaired) electrons. The van der Waals surface area contributed by atoms with Gasteiger partial charge in [-0.3, -0.25) is 4.79 Å². The number of rotatable bonds is 1. The van der Waals surface area contributed by atoms with Crippen LogP contribution in [0.1, 0.15) is 31.7 Å². The smallest absolute Gasteiger partial charge is 0.256 e. The van der Waals surface area contributed by atoms with Gasteiger partial charge in [0.25, 0.3) is 5.91 Å². The van der Waals surface area contributed by atoms with Gasteiger partial charge in [0.05, 0.1) is 0 Å². The van der Waals surface area contributed by atoms with E-state index in [9.17, 15) is 4.79 Å². The molecule has 0 unspecified atom stereocenters. The summed E-state index contributed by atoms with van der Waals surface area (Å²) in [5.41, 5.74) is 2.36. The minimum atomic E-state index is -0.224. The number of benzene rings is 1. The lowest BCUT2D eigenvalue weighted by Gasteiger charge is -2.36. The van der Waals surface area contributed by atoms with Gasteiger partial charge in [-0.2, -0.15) is 0 Å².